The molecule has 0 saturated heterocycles. The lowest BCUT2D eigenvalue weighted by Gasteiger charge is -2.08. The summed E-state index contributed by atoms with van der Waals surface area (Å²) in [7, 11) is 1.80. The van der Waals surface area contributed by atoms with Crippen LogP contribution < -0.4 is 5.32 Å². The highest BCUT2D eigenvalue weighted by molar-refractivity contribution is 9.10. The zero-order valence-electron chi connectivity index (χ0n) is 8.38. The zero-order chi connectivity index (χ0) is 10.6. The molecule has 1 atom stereocenters. The van der Waals surface area contributed by atoms with Crippen LogP contribution in [0.25, 0.3) is 0 Å². The second kappa shape index (κ2) is 5.27. The van der Waals surface area contributed by atoms with Gasteiger partial charge in [0.15, 0.2) is 5.78 Å². The van der Waals surface area contributed by atoms with Crippen molar-refractivity contribution in [2.75, 3.05) is 7.05 Å². The molecule has 0 bridgehead atoms. The molecule has 0 amide bonds. The van der Waals surface area contributed by atoms with E-state index in [-0.39, 0.29) is 11.8 Å². The molecule has 1 aromatic rings. The van der Waals surface area contributed by atoms with Crippen LogP contribution >= 0.6 is 15.9 Å². The van der Waals surface area contributed by atoms with Gasteiger partial charge in [-0.15, -0.1) is 0 Å². The first-order valence-corrected chi connectivity index (χ1v) is 5.37. The molecule has 0 aromatic heterocycles. The minimum absolute atomic E-state index is 0.0707. The molecule has 0 aliphatic rings. The molecule has 2 nitrogen and oxygen atoms in total. The predicted octanol–water partition coefficient (Wildman–Crippen LogP) is 2.17. The number of halogens is 1. The van der Waals surface area contributed by atoms with E-state index < -0.39 is 0 Å². The van der Waals surface area contributed by atoms with Gasteiger partial charge in [-0.1, -0.05) is 28.1 Å². The Labute approximate surface area is 92.8 Å². The highest BCUT2D eigenvalue weighted by atomic mass is 79.9. The molecule has 14 heavy (non-hydrogen) atoms. The van der Waals surface area contributed by atoms with Crippen LogP contribution in [-0.2, 0) is 11.2 Å². The predicted molar refractivity (Wildman–Crippen MR) is 61.4 cm³/mol. The van der Waals surface area contributed by atoms with E-state index in [4.69, 9.17) is 0 Å². The van der Waals surface area contributed by atoms with Crippen LogP contribution in [0.1, 0.15) is 12.5 Å². The number of hydrogen-bond acceptors (Lipinski definition) is 2. The number of carbonyl (C=O) groups is 1. The van der Waals surface area contributed by atoms with E-state index in [9.17, 15) is 4.79 Å². The first kappa shape index (κ1) is 11.4. The molecule has 76 valence electrons. The van der Waals surface area contributed by atoms with Crippen LogP contribution in [0.4, 0.5) is 0 Å². The summed E-state index contributed by atoms with van der Waals surface area (Å²) in [6.45, 7) is 1.88. The van der Waals surface area contributed by atoms with Crippen molar-refractivity contribution in [3.63, 3.8) is 0 Å². The Morgan fingerprint density at radius 1 is 1.43 bits per heavy atom. The van der Waals surface area contributed by atoms with Crippen LogP contribution in [0.2, 0.25) is 0 Å². The number of nitrogens with one attached hydrogen (secondary N) is 1. The Morgan fingerprint density at radius 3 is 2.50 bits per heavy atom. The summed E-state index contributed by atoms with van der Waals surface area (Å²) in [5.41, 5.74) is 1.06. The summed E-state index contributed by atoms with van der Waals surface area (Å²) in [6.07, 6.45) is 0.495. The minimum atomic E-state index is -0.0707. The lowest BCUT2D eigenvalue weighted by molar-refractivity contribution is -0.119. The molecular formula is C11H14BrNO. The van der Waals surface area contributed by atoms with Crippen LogP contribution in [0.3, 0.4) is 0 Å². The second-order valence-electron chi connectivity index (χ2n) is 3.28. The molecule has 3 heteroatoms. The standard InChI is InChI=1S/C11H14BrNO/c1-8(13-2)11(14)7-9-3-5-10(12)6-4-9/h3-6,8,13H,7H2,1-2H3. The third-order valence-corrected chi connectivity index (χ3v) is 2.74. The van der Waals surface area contributed by atoms with Crippen LogP contribution in [0.5, 0.6) is 0 Å². The number of Topliss-reactive ketones (excluding diaryl/α,β-unsaturated/α-hetero) is 1. The average Bonchev–Trinajstić information content (AvgIpc) is 2.20. The van der Waals surface area contributed by atoms with E-state index >= 15 is 0 Å². The largest absolute Gasteiger partial charge is 0.311 e. The highest BCUT2D eigenvalue weighted by Gasteiger charge is 2.10. The van der Waals surface area contributed by atoms with Gasteiger partial charge in [-0.25, -0.2) is 0 Å². The van der Waals surface area contributed by atoms with Crippen molar-refractivity contribution < 1.29 is 4.79 Å². The smallest absolute Gasteiger partial charge is 0.153 e. The van der Waals surface area contributed by atoms with E-state index in [1.807, 2.05) is 31.2 Å². The Morgan fingerprint density at radius 2 is 2.00 bits per heavy atom. The Balaban J connectivity index is 2.60. The fourth-order valence-corrected chi connectivity index (χ4v) is 1.38. The van der Waals surface area contributed by atoms with Gasteiger partial charge in [0.25, 0.3) is 0 Å². The van der Waals surface area contributed by atoms with Gasteiger partial charge >= 0.3 is 0 Å². The maximum absolute atomic E-state index is 11.6. The summed E-state index contributed by atoms with van der Waals surface area (Å²) in [5.74, 6) is 0.217. The number of carbonyl (C=O) groups excluding carboxylic acids is 1. The fraction of sp³-hybridized carbons (Fsp3) is 0.364. The molecule has 0 aliphatic heterocycles. The van der Waals surface area contributed by atoms with Crippen molar-refractivity contribution in [2.45, 2.75) is 19.4 Å². The van der Waals surface area contributed by atoms with E-state index in [1.54, 1.807) is 7.05 Å². The number of rotatable bonds is 4. The first-order valence-electron chi connectivity index (χ1n) is 4.58. The van der Waals surface area contributed by atoms with Gasteiger partial charge in [0.2, 0.25) is 0 Å². The van der Waals surface area contributed by atoms with Crippen molar-refractivity contribution in [1.82, 2.24) is 5.32 Å². The SMILES string of the molecule is CNC(C)C(=O)Cc1ccc(Br)cc1. The monoisotopic (exact) mass is 255 g/mol. The van der Waals surface area contributed by atoms with Crippen molar-refractivity contribution in [1.29, 1.82) is 0 Å². The van der Waals surface area contributed by atoms with Gasteiger partial charge in [-0.2, -0.15) is 0 Å². The van der Waals surface area contributed by atoms with Crippen LogP contribution in [0.15, 0.2) is 28.7 Å². The molecule has 0 heterocycles. The van der Waals surface area contributed by atoms with Crippen molar-refractivity contribution in [3.05, 3.63) is 34.3 Å². The molecule has 1 rings (SSSR count). The molecular weight excluding hydrogens is 242 g/mol. The maximum atomic E-state index is 11.6. The molecule has 0 radical (unpaired) electrons. The normalized spacial score (nSPS) is 12.5. The quantitative estimate of drug-likeness (QED) is 0.894. The van der Waals surface area contributed by atoms with E-state index in [0.717, 1.165) is 10.0 Å². The summed E-state index contributed by atoms with van der Waals surface area (Å²) in [4.78, 5) is 11.6. The fourth-order valence-electron chi connectivity index (χ4n) is 1.12. The van der Waals surface area contributed by atoms with E-state index in [2.05, 4.69) is 21.2 Å². The molecule has 1 aromatic carbocycles. The lowest BCUT2D eigenvalue weighted by Crippen LogP contribution is -2.31. The molecule has 0 saturated carbocycles. The Kier molecular flexibility index (Phi) is 4.29. The Bertz CT molecular complexity index is 308. The van der Waals surface area contributed by atoms with E-state index in [0.29, 0.717) is 6.42 Å². The van der Waals surface area contributed by atoms with Crippen molar-refractivity contribution in [3.8, 4) is 0 Å². The number of likely N-dealkylation sites (N-methyl/N-ethyl adjacent to an activating group) is 1. The lowest BCUT2D eigenvalue weighted by atomic mass is 10.1. The minimum Gasteiger partial charge on any atom is -0.311 e. The summed E-state index contributed by atoms with van der Waals surface area (Å²) in [6, 6.07) is 7.76. The van der Waals surface area contributed by atoms with Gasteiger partial charge in [-0.05, 0) is 31.7 Å². The Hall–Kier alpha value is -0.670. The summed E-state index contributed by atoms with van der Waals surface area (Å²) < 4.78 is 1.04. The van der Waals surface area contributed by atoms with Crippen LogP contribution in [0, 0.1) is 0 Å². The highest BCUT2D eigenvalue weighted by Crippen LogP contribution is 2.11. The van der Waals surface area contributed by atoms with E-state index in [1.165, 1.54) is 0 Å². The van der Waals surface area contributed by atoms with Crippen molar-refractivity contribution >= 4 is 21.7 Å². The van der Waals surface area contributed by atoms with Gasteiger partial charge < -0.3 is 5.32 Å². The zero-order valence-corrected chi connectivity index (χ0v) is 9.97. The maximum Gasteiger partial charge on any atom is 0.153 e. The van der Waals surface area contributed by atoms with Gasteiger partial charge in [0, 0.05) is 10.9 Å². The van der Waals surface area contributed by atoms with Gasteiger partial charge in [-0.3, -0.25) is 4.79 Å². The average molecular weight is 256 g/mol. The molecule has 0 fully saturated rings. The number of hydrogen-bond donors (Lipinski definition) is 1. The molecule has 0 spiro atoms. The number of benzene rings is 1. The topological polar surface area (TPSA) is 29.1 Å². The van der Waals surface area contributed by atoms with Crippen molar-refractivity contribution in [2.24, 2.45) is 0 Å². The molecule has 1 unspecified atom stereocenters. The second-order valence-corrected chi connectivity index (χ2v) is 4.20. The first-order chi connectivity index (χ1) is 6.63. The summed E-state index contributed by atoms with van der Waals surface area (Å²) in [5, 5.41) is 2.94. The van der Waals surface area contributed by atoms with Gasteiger partial charge in [0.1, 0.15) is 0 Å². The molecule has 0 aliphatic carbocycles. The third kappa shape index (κ3) is 3.24. The van der Waals surface area contributed by atoms with Crippen LogP contribution in [-0.4, -0.2) is 18.9 Å². The van der Waals surface area contributed by atoms with Gasteiger partial charge in [0.05, 0.1) is 6.04 Å². The number of ketones is 1. The summed E-state index contributed by atoms with van der Waals surface area (Å²) >= 11 is 3.36. The molecule has 1 N–H and O–H groups in total. The third-order valence-electron chi connectivity index (χ3n) is 2.21.